The molecular weight excluding hydrogens is 254 g/mol. The molecule has 112 valence electrons. The van der Waals surface area contributed by atoms with Crippen molar-refractivity contribution < 1.29 is 15.0 Å². The van der Waals surface area contributed by atoms with Gasteiger partial charge in [-0.3, -0.25) is 4.79 Å². The summed E-state index contributed by atoms with van der Waals surface area (Å²) in [6.07, 6.45) is 1.52. The van der Waals surface area contributed by atoms with E-state index in [1.54, 1.807) is 12.1 Å². The first kappa shape index (κ1) is 16.5. The van der Waals surface area contributed by atoms with Gasteiger partial charge in [0.1, 0.15) is 5.75 Å². The van der Waals surface area contributed by atoms with Gasteiger partial charge in [-0.15, -0.1) is 0 Å². The lowest BCUT2D eigenvalue weighted by Gasteiger charge is -2.20. The zero-order valence-corrected chi connectivity index (χ0v) is 12.5. The summed E-state index contributed by atoms with van der Waals surface area (Å²) < 4.78 is 0. The second-order valence-corrected chi connectivity index (χ2v) is 5.25. The zero-order valence-electron chi connectivity index (χ0n) is 12.5. The Kier molecular flexibility index (Phi) is 6.52. The Hall–Kier alpha value is -1.55. The van der Waals surface area contributed by atoms with Crippen molar-refractivity contribution in [3.8, 4) is 5.75 Å². The van der Waals surface area contributed by atoms with Crippen molar-refractivity contribution in [1.29, 1.82) is 0 Å². The number of nitrogens with one attached hydrogen (secondary N) is 1. The van der Waals surface area contributed by atoms with Crippen molar-refractivity contribution in [2.24, 2.45) is 5.92 Å². The Bertz CT molecular complexity index is 441. The van der Waals surface area contributed by atoms with Gasteiger partial charge in [-0.25, -0.2) is 0 Å². The number of carbonyl (C=O) groups is 1. The van der Waals surface area contributed by atoms with Crippen LogP contribution in [0.25, 0.3) is 0 Å². The number of hydrogen-bond acceptors (Lipinski definition) is 3. The highest BCUT2D eigenvalue weighted by Crippen LogP contribution is 2.17. The lowest BCUT2D eigenvalue weighted by Crippen LogP contribution is -2.36. The number of benzene rings is 1. The van der Waals surface area contributed by atoms with Crippen LogP contribution in [-0.4, -0.2) is 28.8 Å². The summed E-state index contributed by atoms with van der Waals surface area (Å²) in [5, 5.41) is 22.3. The third-order valence-electron chi connectivity index (χ3n) is 3.74. The summed E-state index contributed by atoms with van der Waals surface area (Å²) in [6.45, 7) is 6.16. The SMILES string of the molecule is CCC(CC)C(O)CNC(=O)Cc1ccc(C)c(O)c1. The molecule has 4 nitrogen and oxygen atoms in total. The van der Waals surface area contributed by atoms with Crippen LogP contribution >= 0.6 is 0 Å². The molecule has 0 saturated heterocycles. The van der Waals surface area contributed by atoms with E-state index in [1.807, 2.05) is 26.8 Å². The van der Waals surface area contributed by atoms with Crippen molar-refractivity contribution in [3.63, 3.8) is 0 Å². The number of aliphatic hydroxyl groups excluding tert-OH is 1. The first-order chi connectivity index (χ1) is 9.47. The van der Waals surface area contributed by atoms with Gasteiger partial charge < -0.3 is 15.5 Å². The molecule has 4 heteroatoms. The van der Waals surface area contributed by atoms with E-state index in [0.717, 1.165) is 24.0 Å². The Morgan fingerprint density at radius 1 is 1.30 bits per heavy atom. The Balaban J connectivity index is 2.45. The maximum absolute atomic E-state index is 11.8. The van der Waals surface area contributed by atoms with Gasteiger partial charge in [-0.2, -0.15) is 0 Å². The zero-order chi connectivity index (χ0) is 15.1. The monoisotopic (exact) mass is 279 g/mol. The van der Waals surface area contributed by atoms with Gasteiger partial charge >= 0.3 is 0 Å². The molecule has 0 radical (unpaired) electrons. The average molecular weight is 279 g/mol. The lowest BCUT2D eigenvalue weighted by atomic mass is 9.96. The van der Waals surface area contributed by atoms with Crippen LogP contribution in [0.4, 0.5) is 0 Å². The van der Waals surface area contributed by atoms with Gasteiger partial charge in [0, 0.05) is 6.54 Å². The van der Waals surface area contributed by atoms with Crippen molar-refractivity contribution >= 4 is 5.91 Å². The molecule has 0 aliphatic rings. The Labute approximate surface area is 120 Å². The van der Waals surface area contributed by atoms with Gasteiger partial charge in [0.25, 0.3) is 0 Å². The fraction of sp³-hybridized carbons (Fsp3) is 0.562. The van der Waals surface area contributed by atoms with Gasteiger partial charge in [0.05, 0.1) is 12.5 Å². The van der Waals surface area contributed by atoms with Crippen LogP contribution in [0.3, 0.4) is 0 Å². The van der Waals surface area contributed by atoms with Crippen LogP contribution in [0.1, 0.15) is 37.8 Å². The predicted molar refractivity (Wildman–Crippen MR) is 79.6 cm³/mol. The van der Waals surface area contributed by atoms with Crippen molar-refractivity contribution in [1.82, 2.24) is 5.32 Å². The van der Waals surface area contributed by atoms with Crippen LogP contribution < -0.4 is 5.32 Å². The number of carbonyl (C=O) groups excluding carboxylic acids is 1. The van der Waals surface area contributed by atoms with E-state index in [0.29, 0.717) is 0 Å². The van der Waals surface area contributed by atoms with Crippen molar-refractivity contribution in [3.05, 3.63) is 29.3 Å². The summed E-state index contributed by atoms with van der Waals surface area (Å²) in [5.74, 6) is 0.282. The molecule has 1 rings (SSSR count). The van der Waals surface area contributed by atoms with Crippen LogP contribution in [0.2, 0.25) is 0 Å². The van der Waals surface area contributed by atoms with Gasteiger partial charge in [0.2, 0.25) is 5.91 Å². The number of phenolic OH excluding ortho intramolecular Hbond substituents is 1. The first-order valence-electron chi connectivity index (χ1n) is 7.21. The number of aliphatic hydroxyl groups is 1. The molecule has 0 bridgehead atoms. The van der Waals surface area contributed by atoms with E-state index in [1.165, 1.54) is 0 Å². The molecule has 0 heterocycles. The molecule has 0 aromatic heterocycles. The van der Waals surface area contributed by atoms with Crippen molar-refractivity contribution in [2.45, 2.75) is 46.1 Å². The fourth-order valence-corrected chi connectivity index (χ4v) is 2.23. The highest BCUT2D eigenvalue weighted by Gasteiger charge is 2.16. The normalized spacial score (nSPS) is 12.4. The number of phenols is 1. The number of hydrogen-bond donors (Lipinski definition) is 3. The number of aromatic hydroxyl groups is 1. The van der Waals surface area contributed by atoms with Crippen LogP contribution in [0.5, 0.6) is 5.75 Å². The summed E-state index contributed by atoms with van der Waals surface area (Å²) in [7, 11) is 0. The highest BCUT2D eigenvalue weighted by atomic mass is 16.3. The van der Waals surface area contributed by atoms with Gasteiger partial charge in [-0.05, 0) is 30.0 Å². The van der Waals surface area contributed by atoms with Crippen LogP contribution in [0, 0.1) is 12.8 Å². The summed E-state index contributed by atoms with van der Waals surface area (Å²) >= 11 is 0. The standard InChI is InChI=1S/C16H25NO3/c1-4-13(5-2)15(19)10-17-16(20)9-12-7-6-11(3)14(18)8-12/h6-8,13,15,18-19H,4-5,9-10H2,1-3H3,(H,17,20). The smallest absolute Gasteiger partial charge is 0.224 e. The van der Waals surface area contributed by atoms with E-state index < -0.39 is 6.10 Å². The first-order valence-corrected chi connectivity index (χ1v) is 7.21. The summed E-state index contributed by atoms with van der Waals surface area (Å²) in [4.78, 5) is 11.8. The molecule has 0 aliphatic heterocycles. The Morgan fingerprint density at radius 3 is 2.50 bits per heavy atom. The van der Waals surface area contributed by atoms with E-state index in [4.69, 9.17) is 0 Å². The molecule has 0 spiro atoms. The molecule has 0 saturated carbocycles. The molecule has 1 atom stereocenters. The molecule has 0 aliphatic carbocycles. The maximum Gasteiger partial charge on any atom is 0.224 e. The van der Waals surface area contributed by atoms with Crippen LogP contribution in [-0.2, 0) is 11.2 Å². The number of aryl methyl sites for hydroxylation is 1. The third-order valence-corrected chi connectivity index (χ3v) is 3.74. The number of rotatable bonds is 7. The minimum Gasteiger partial charge on any atom is -0.508 e. The third kappa shape index (κ3) is 4.85. The fourth-order valence-electron chi connectivity index (χ4n) is 2.23. The van der Waals surface area contributed by atoms with E-state index in [2.05, 4.69) is 5.32 Å². The van der Waals surface area contributed by atoms with E-state index >= 15 is 0 Å². The number of amides is 1. The molecule has 1 aromatic carbocycles. The summed E-state index contributed by atoms with van der Waals surface area (Å²) in [5.41, 5.74) is 1.56. The summed E-state index contributed by atoms with van der Waals surface area (Å²) in [6, 6.07) is 5.22. The topological polar surface area (TPSA) is 69.6 Å². The minimum absolute atomic E-state index is 0.141. The van der Waals surface area contributed by atoms with Gasteiger partial charge in [0.15, 0.2) is 0 Å². The molecular formula is C16H25NO3. The molecule has 1 unspecified atom stereocenters. The van der Waals surface area contributed by atoms with Crippen LogP contribution in [0.15, 0.2) is 18.2 Å². The second kappa shape index (κ2) is 7.90. The van der Waals surface area contributed by atoms with Gasteiger partial charge in [-0.1, -0.05) is 38.8 Å². The Morgan fingerprint density at radius 2 is 1.95 bits per heavy atom. The molecule has 3 N–H and O–H groups in total. The highest BCUT2D eigenvalue weighted by molar-refractivity contribution is 5.78. The largest absolute Gasteiger partial charge is 0.508 e. The molecule has 20 heavy (non-hydrogen) atoms. The minimum atomic E-state index is -0.500. The molecule has 0 fully saturated rings. The quantitative estimate of drug-likeness (QED) is 0.716. The molecule has 1 aromatic rings. The maximum atomic E-state index is 11.8. The van der Waals surface area contributed by atoms with E-state index in [-0.39, 0.29) is 30.5 Å². The lowest BCUT2D eigenvalue weighted by molar-refractivity contribution is -0.121. The molecule has 1 amide bonds. The predicted octanol–water partition coefficient (Wildman–Crippen LogP) is 2.16. The van der Waals surface area contributed by atoms with Crippen molar-refractivity contribution in [2.75, 3.05) is 6.54 Å². The van der Waals surface area contributed by atoms with E-state index in [9.17, 15) is 15.0 Å². The second-order valence-electron chi connectivity index (χ2n) is 5.25. The average Bonchev–Trinajstić information content (AvgIpc) is 2.42.